The number of carbonyl (C=O) groups is 2. The fraction of sp³-hybridized carbons (Fsp3) is 0.333. The van der Waals surface area contributed by atoms with Crippen molar-refractivity contribution in [1.29, 1.82) is 0 Å². The van der Waals surface area contributed by atoms with Gasteiger partial charge in [0, 0.05) is 5.41 Å². The Bertz CT molecular complexity index is 804. The summed E-state index contributed by atoms with van der Waals surface area (Å²) in [7, 11) is 0. The summed E-state index contributed by atoms with van der Waals surface area (Å²) in [6.45, 7) is 4.40. The molecule has 2 amide bonds. The van der Waals surface area contributed by atoms with Gasteiger partial charge in [-0.05, 0) is 17.0 Å². The van der Waals surface area contributed by atoms with Crippen LogP contribution in [0.25, 0.3) is 0 Å². The Morgan fingerprint density at radius 1 is 1.08 bits per heavy atom. The van der Waals surface area contributed by atoms with Crippen LogP contribution in [0, 0.1) is 11.8 Å². The standard InChI is InChI=1S/C21H21NO3/c1-14-18(21(14,2)16-11-7-4-8-12-16)19(23)22-17(13-25-20(22)24)15-9-5-3-6-10-15/h3-12,14,17-18H,13H2,1-2H3/t14-,17+,18-,21+/m0/s1. The molecule has 1 heterocycles. The predicted molar refractivity (Wildman–Crippen MR) is 93.8 cm³/mol. The average molecular weight is 335 g/mol. The van der Waals surface area contributed by atoms with Crippen molar-refractivity contribution in [3.63, 3.8) is 0 Å². The molecule has 2 aromatic carbocycles. The molecule has 1 aliphatic carbocycles. The molecule has 4 atom stereocenters. The molecule has 128 valence electrons. The smallest absolute Gasteiger partial charge is 0.417 e. The summed E-state index contributed by atoms with van der Waals surface area (Å²) in [6, 6.07) is 19.3. The Hall–Kier alpha value is -2.62. The molecule has 4 nitrogen and oxygen atoms in total. The lowest BCUT2D eigenvalue weighted by Gasteiger charge is -2.21. The first-order valence-electron chi connectivity index (χ1n) is 8.65. The summed E-state index contributed by atoms with van der Waals surface area (Å²) in [5, 5.41) is 0. The summed E-state index contributed by atoms with van der Waals surface area (Å²) in [4.78, 5) is 26.8. The lowest BCUT2D eigenvalue weighted by molar-refractivity contribution is -0.131. The molecule has 0 spiro atoms. The Kier molecular flexibility index (Phi) is 3.64. The maximum Gasteiger partial charge on any atom is 0.417 e. The number of ether oxygens (including phenoxy) is 1. The number of hydrogen-bond acceptors (Lipinski definition) is 3. The van der Waals surface area contributed by atoms with Gasteiger partial charge in [-0.25, -0.2) is 9.69 Å². The van der Waals surface area contributed by atoms with Crippen LogP contribution in [-0.2, 0) is 14.9 Å². The zero-order valence-corrected chi connectivity index (χ0v) is 14.4. The van der Waals surface area contributed by atoms with Crippen molar-refractivity contribution in [3.8, 4) is 0 Å². The molecule has 2 aliphatic rings. The summed E-state index contributed by atoms with van der Waals surface area (Å²) >= 11 is 0. The van der Waals surface area contributed by atoms with Crippen LogP contribution in [0.3, 0.4) is 0 Å². The van der Waals surface area contributed by atoms with Gasteiger partial charge in [0.05, 0.1) is 5.92 Å². The number of rotatable bonds is 3. The van der Waals surface area contributed by atoms with Gasteiger partial charge in [0.2, 0.25) is 5.91 Å². The van der Waals surface area contributed by atoms with E-state index < -0.39 is 6.09 Å². The van der Waals surface area contributed by atoms with Crippen LogP contribution >= 0.6 is 0 Å². The molecular weight excluding hydrogens is 314 g/mol. The number of nitrogens with zero attached hydrogens (tertiary/aromatic N) is 1. The van der Waals surface area contributed by atoms with E-state index in [4.69, 9.17) is 4.74 Å². The monoisotopic (exact) mass is 335 g/mol. The molecule has 1 saturated heterocycles. The lowest BCUT2D eigenvalue weighted by atomic mass is 9.93. The van der Waals surface area contributed by atoms with Crippen molar-refractivity contribution in [2.45, 2.75) is 25.3 Å². The molecule has 0 radical (unpaired) electrons. The molecule has 4 rings (SSSR count). The number of benzene rings is 2. The zero-order chi connectivity index (χ0) is 17.6. The van der Waals surface area contributed by atoms with Crippen LogP contribution in [0.2, 0.25) is 0 Å². The first-order valence-corrected chi connectivity index (χ1v) is 8.65. The minimum atomic E-state index is -0.534. The number of cyclic esters (lactones) is 1. The highest BCUT2D eigenvalue weighted by atomic mass is 16.6. The number of hydrogen-bond donors (Lipinski definition) is 0. The third-order valence-electron chi connectivity index (χ3n) is 5.94. The SMILES string of the molecule is C[C@H]1[C@@H](C(=O)N2C(=O)OC[C@@H]2c2ccccc2)[C@@]1(C)c1ccccc1. The average Bonchev–Trinajstić information content (AvgIpc) is 3.00. The minimum Gasteiger partial charge on any atom is -0.446 e. The van der Waals surface area contributed by atoms with E-state index in [9.17, 15) is 9.59 Å². The van der Waals surface area contributed by atoms with E-state index in [0.29, 0.717) is 0 Å². The van der Waals surface area contributed by atoms with Gasteiger partial charge in [0.1, 0.15) is 12.6 Å². The summed E-state index contributed by atoms with van der Waals surface area (Å²) in [5.41, 5.74) is 1.84. The van der Waals surface area contributed by atoms with Crippen molar-refractivity contribution in [2.75, 3.05) is 6.61 Å². The van der Waals surface area contributed by atoms with Gasteiger partial charge in [-0.2, -0.15) is 0 Å². The largest absolute Gasteiger partial charge is 0.446 e. The Morgan fingerprint density at radius 2 is 1.68 bits per heavy atom. The van der Waals surface area contributed by atoms with Crippen LogP contribution in [0.4, 0.5) is 4.79 Å². The second kappa shape index (κ2) is 5.73. The van der Waals surface area contributed by atoms with Crippen molar-refractivity contribution >= 4 is 12.0 Å². The molecule has 1 aliphatic heterocycles. The van der Waals surface area contributed by atoms with E-state index in [1.54, 1.807) is 0 Å². The maximum absolute atomic E-state index is 13.2. The number of imide groups is 1. The predicted octanol–water partition coefficient (Wildman–Crippen LogP) is 3.93. The highest BCUT2D eigenvalue weighted by Crippen LogP contribution is 2.60. The fourth-order valence-electron chi connectivity index (χ4n) is 4.17. The highest BCUT2D eigenvalue weighted by Gasteiger charge is 2.65. The molecule has 1 saturated carbocycles. The first kappa shape index (κ1) is 15.9. The van der Waals surface area contributed by atoms with Crippen LogP contribution in [0.5, 0.6) is 0 Å². The minimum absolute atomic E-state index is 0.129. The Labute approximate surface area is 147 Å². The molecule has 0 unspecified atom stereocenters. The van der Waals surface area contributed by atoms with Gasteiger partial charge >= 0.3 is 6.09 Å². The van der Waals surface area contributed by atoms with Gasteiger partial charge in [0.15, 0.2) is 0 Å². The van der Waals surface area contributed by atoms with Crippen molar-refractivity contribution in [1.82, 2.24) is 4.90 Å². The molecule has 2 fully saturated rings. The van der Waals surface area contributed by atoms with Crippen LogP contribution < -0.4 is 0 Å². The fourth-order valence-corrected chi connectivity index (χ4v) is 4.17. The van der Waals surface area contributed by atoms with E-state index in [0.717, 1.165) is 11.1 Å². The van der Waals surface area contributed by atoms with E-state index >= 15 is 0 Å². The zero-order valence-electron chi connectivity index (χ0n) is 14.4. The van der Waals surface area contributed by atoms with Gasteiger partial charge in [-0.1, -0.05) is 74.5 Å². The van der Waals surface area contributed by atoms with Crippen LogP contribution in [-0.4, -0.2) is 23.5 Å². The summed E-state index contributed by atoms with van der Waals surface area (Å²) in [5.74, 6) is -0.144. The molecule has 4 heteroatoms. The van der Waals surface area contributed by atoms with Gasteiger partial charge in [0.25, 0.3) is 0 Å². The van der Waals surface area contributed by atoms with Crippen molar-refractivity contribution in [3.05, 3.63) is 71.8 Å². The quantitative estimate of drug-likeness (QED) is 0.854. The Balaban J connectivity index is 1.63. The highest BCUT2D eigenvalue weighted by molar-refractivity contribution is 5.97. The molecule has 25 heavy (non-hydrogen) atoms. The van der Waals surface area contributed by atoms with E-state index in [-0.39, 0.29) is 35.8 Å². The summed E-state index contributed by atoms with van der Waals surface area (Å²) < 4.78 is 5.21. The van der Waals surface area contributed by atoms with Crippen molar-refractivity contribution in [2.24, 2.45) is 11.8 Å². The third kappa shape index (κ3) is 2.36. The summed E-state index contributed by atoms with van der Waals surface area (Å²) in [6.07, 6.45) is -0.534. The van der Waals surface area contributed by atoms with Gasteiger partial charge < -0.3 is 4.74 Å². The molecular formula is C21H21NO3. The van der Waals surface area contributed by atoms with Gasteiger partial charge in [-0.3, -0.25) is 4.79 Å². The van der Waals surface area contributed by atoms with Crippen LogP contribution in [0.1, 0.15) is 31.0 Å². The maximum atomic E-state index is 13.2. The molecule has 2 aromatic rings. The second-order valence-corrected chi connectivity index (χ2v) is 7.13. The normalized spacial score (nSPS) is 30.9. The molecule has 0 aromatic heterocycles. The lowest BCUT2D eigenvalue weighted by Crippen LogP contribution is -2.36. The molecule has 0 bridgehead atoms. The van der Waals surface area contributed by atoms with E-state index in [2.05, 4.69) is 26.0 Å². The van der Waals surface area contributed by atoms with E-state index in [1.807, 2.05) is 48.5 Å². The second-order valence-electron chi connectivity index (χ2n) is 7.13. The van der Waals surface area contributed by atoms with Gasteiger partial charge in [-0.15, -0.1) is 0 Å². The third-order valence-corrected chi connectivity index (χ3v) is 5.94. The topological polar surface area (TPSA) is 46.6 Å². The first-order chi connectivity index (χ1) is 12.0. The molecule has 0 N–H and O–H groups in total. The van der Waals surface area contributed by atoms with E-state index in [1.165, 1.54) is 4.90 Å². The number of carbonyl (C=O) groups excluding carboxylic acids is 2. The van der Waals surface area contributed by atoms with Crippen LogP contribution in [0.15, 0.2) is 60.7 Å². The van der Waals surface area contributed by atoms with Crippen molar-refractivity contribution < 1.29 is 14.3 Å². The number of amides is 2. The Morgan fingerprint density at radius 3 is 2.32 bits per heavy atom.